The number of hydrogen-bond acceptors (Lipinski definition) is 4. The van der Waals surface area contributed by atoms with E-state index in [2.05, 4.69) is 4.98 Å². The van der Waals surface area contributed by atoms with Crippen molar-refractivity contribution < 1.29 is 16.3 Å². The maximum atomic E-state index is 15.1. The Bertz CT molecular complexity index is 1400. The highest BCUT2D eigenvalue weighted by atomic mass is 19.1. The Hall–Kier alpha value is -3.28. The number of pyridine rings is 1. The highest BCUT2D eigenvalue weighted by Crippen LogP contribution is 2.39. The summed E-state index contributed by atoms with van der Waals surface area (Å²) in [5, 5.41) is 0.470. The van der Waals surface area contributed by atoms with E-state index in [9.17, 15) is 9.59 Å². The van der Waals surface area contributed by atoms with Gasteiger partial charge in [-0.1, -0.05) is 24.2 Å². The number of carbonyl (C=O) groups is 1. The Labute approximate surface area is 155 Å². The number of aryl methyl sites for hydroxylation is 1. The first-order valence-electron chi connectivity index (χ1n) is 9.62. The largest absolute Gasteiger partial charge is 0.440 e. The van der Waals surface area contributed by atoms with Crippen LogP contribution in [0.25, 0.3) is 33.1 Å². The molecule has 0 aliphatic heterocycles. The van der Waals surface area contributed by atoms with Crippen molar-refractivity contribution in [3.05, 3.63) is 64.0 Å². The number of hydrogen-bond donors (Lipinski definition) is 0. The van der Waals surface area contributed by atoms with E-state index in [1.807, 2.05) is 0 Å². The fourth-order valence-corrected chi connectivity index (χ4v) is 3.49. The van der Waals surface area contributed by atoms with Crippen LogP contribution in [0, 0.1) is 12.7 Å². The Morgan fingerprint density at radius 2 is 2.19 bits per heavy atom. The average Bonchev–Trinajstić information content (AvgIpc) is 3.42. The van der Waals surface area contributed by atoms with Gasteiger partial charge < -0.3 is 8.98 Å². The van der Waals surface area contributed by atoms with Gasteiger partial charge in [0.05, 0.1) is 6.89 Å². The lowest BCUT2D eigenvalue weighted by molar-refractivity contribution is 0.112. The summed E-state index contributed by atoms with van der Waals surface area (Å²) in [4.78, 5) is 28.5. The molecular weight excluding hydrogens is 347 g/mol. The number of aromatic nitrogens is 2. The van der Waals surface area contributed by atoms with Crippen LogP contribution >= 0.6 is 0 Å². The van der Waals surface area contributed by atoms with Gasteiger partial charge in [-0.05, 0) is 30.5 Å². The summed E-state index contributed by atoms with van der Waals surface area (Å²) in [5.41, 5.74) is 1.29. The lowest BCUT2D eigenvalue weighted by Gasteiger charge is -2.12. The van der Waals surface area contributed by atoms with Crippen LogP contribution in [0.3, 0.4) is 0 Å². The van der Waals surface area contributed by atoms with Crippen LogP contribution in [-0.2, 0) is 0 Å². The van der Waals surface area contributed by atoms with Crippen LogP contribution in [0.2, 0.25) is 0 Å². The zero-order valence-corrected chi connectivity index (χ0v) is 14.4. The number of halogens is 1. The van der Waals surface area contributed by atoms with Gasteiger partial charge in [-0.25, -0.2) is 9.37 Å². The van der Waals surface area contributed by atoms with Crippen molar-refractivity contribution in [2.45, 2.75) is 25.8 Å². The van der Waals surface area contributed by atoms with Gasteiger partial charge in [0.15, 0.2) is 17.0 Å². The second-order valence-corrected chi connectivity index (χ2v) is 6.76. The molecule has 0 amide bonds. The minimum Gasteiger partial charge on any atom is -0.440 e. The normalized spacial score (nSPS) is 15.2. The predicted octanol–water partition coefficient (Wildman–Crippen LogP) is 4.40. The molecule has 0 bridgehead atoms. The van der Waals surface area contributed by atoms with Crippen molar-refractivity contribution in [1.29, 1.82) is 0 Å². The highest BCUT2D eigenvalue weighted by molar-refractivity contribution is 6.02. The molecule has 134 valence electrons. The van der Waals surface area contributed by atoms with E-state index in [1.54, 1.807) is 17.6 Å². The van der Waals surface area contributed by atoms with E-state index in [1.165, 1.54) is 24.3 Å². The molecule has 0 N–H and O–H groups in total. The van der Waals surface area contributed by atoms with Crippen LogP contribution < -0.4 is 5.56 Å². The molecule has 2 aromatic heterocycles. The topological polar surface area (TPSA) is 65.1 Å². The highest BCUT2D eigenvalue weighted by Gasteiger charge is 2.29. The molecule has 0 spiro atoms. The summed E-state index contributed by atoms with van der Waals surface area (Å²) in [6.07, 6.45) is 0.758. The summed E-state index contributed by atoms with van der Waals surface area (Å²) < 4.78 is 37.4. The molecule has 2 heterocycles. The third-order valence-corrected chi connectivity index (χ3v) is 4.89. The molecule has 0 saturated heterocycles. The summed E-state index contributed by atoms with van der Waals surface area (Å²) in [7, 11) is 0. The Morgan fingerprint density at radius 1 is 1.37 bits per heavy atom. The first kappa shape index (κ1) is 13.9. The minimum absolute atomic E-state index is 0.0414. The van der Waals surface area contributed by atoms with Gasteiger partial charge in [-0.2, -0.15) is 0 Å². The molecule has 5 nitrogen and oxygen atoms in total. The van der Waals surface area contributed by atoms with E-state index in [-0.39, 0.29) is 39.9 Å². The molecule has 0 radical (unpaired) electrons. The summed E-state index contributed by atoms with van der Waals surface area (Å²) in [5.74, 6) is -0.205. The van der Waals surface area contributed by atoms with E-state index in [0.717, 1.165) is 12.8 Å². The number of oxazole rings is 1. The molecule has 5 rings (SSSR count). The fourth-order valence-electron chi connectivity index (χ4n) is 3.49. The van der Waals surface area contributed by atoms with Crippen molar-refractivity contribution >= 4 is 28.3 Å². The second kappa shape index (κ2) is 5.61. The molecule has 1 aliphatic rings. The van der Waals surface area contributed by atoms with Crippen LogP contribution in [0.4, 0.5) is 4.39 Å². The van der Waals surface area contributed by atoms with Gasteiger partial charge in [0.2, 0.25) is 0 Å². The number of aldehydes is 1. The predicted molar refractivity (Wildman–Crippen MR) is 99.6 cm³/mol. The standard InChI is InChI=1S/C21H15FN2O3/c1-11-23-19-20(27-11)16-8-17(22)15(13-4-2-12(10-25)3-5-13)9-18(16)24(21(19)26)14-6-7-14/h2-5,8-10,14H,6-7H2,1H3/i2T,10T. The smallest absolute Gasteiger partial charge is 0.281 e. The first-order chi connectivity index (χ1) is 13.8. The Morgan fingerprint density at radius 3 is 2.89 bits per heavy atom. The first-order valence-corrected chi connectivity index (χ1v) is 8.62. The molecule has 4 aromatic rings. The molecular formula is C21H15FN2O3. The fraction of sp³-hybridized carbons (Fsp3) is 0.190. The molecule has 2 aromatic carbocycles. The molecule has 1 fully saturated rings. The van der Waals surface area contributed by atoms with Gasteiger partial charge in [0.25, 0.3) is 5.56 Å². The molecule has 0 unspecified atom stereocenters. The van der Waals surface area contributed by atoms with Crippen LogP contribution in [0.1, 0.15) is 37.9 Å². The Balaban J connectivity index is 1.83. The van der Waals surface area contributed by atoms with Crippen LogP contribution in [0.5, 0.6) is 0 Å². The zero-order valence-electron chi connectivity index (χ0n) is 16.4. The number of rotatable bonds is 3. The number of fused-ring (bicyclic) bond motifs is 3. The molecule has 0 atom stereocenters. The summed E-state index contributed by atoms with van der Waals surface area (Å²) in [6, 6.07) is 6.99. The summed E-state index contributed by atoms with van der Waals surface area (Å²) in [6.45, 7) is 1.64. The van der Waals surface area contributed by atoms with Crippen molar-refractivity contribution in [2.75, 3.05) is 0 Å². The third kappa shape index (κ3) is 2.40. The van der Waals surface area contributed by atoms with E-state index in [4.69, 9.17) is 7.16 Å². The number of nitrogens with zero attached hydrogens (tertiary/aromatic N) is 2. The van der Waals surface area contributed by atoms with Gasteiger partial charge in [0, 0.05) is 29.5 Å². The Kier molecular flexibility index (Phi) is 2.88. The lowest BCUT2D eigenvalue weighted by Crippen LogP contribution is -2.20. The average molecular weight is 366 g/mol. The molecule has 1 saturated carbocycles. The van der Waals surface area contributed by atoms with E-state index < -0.39 is 12.1 Å². The van der Waals surface area contributed by atoms with Gasteiger partial charge in [-0.15, -0.1) is 0 Å². The van der Waals surface area contributed by atoms with E-state index in [0.29, 0.717) is 22.4 Å². The number of carbonyl (C=O) groups excluding carboxylic acids is 1. The monoisotopic (exact) mass is 366 g/mol. The maximum Gasteiger partial charge on any atom is 0.281 e. The summed E-state index contributed by atoms with van der Waals surface area (Å²) >= 11 is 0. The second-order valence-electron chi connectivity index (χ2n) is 6.76. The third-order valence-electron chi connectivity index (χ3n) is 4.89. The van der Waals surface area contributed by atoms with Crippen molar-refractivity contribution in [2.24, 2.45) is 0 Å². The van der Waals surface area contributed by atoms with E-state index >= 15 is 4.39 Å². The van der Waals surface area contributed by atoms with Crippen molar-refractivity contribution in [1.82, 2.24) is 9.55 Å². The quantitative estimate of drug-likeness (QED) is 0.504. The van der Waals surface area contributed by atoms with Crippen molar-refractivity contribution in [3.63, 3.8) is 0 Å². The van der Waals surface area contributed by atoms with Crippen molar-refractivity contribution in [3.8, 4) is 11.1 Å². The maximum absolute atomic E-state index is 15.1. The van der Waals surface area contributed by atoms with Gasteiger partial charge >= 0.3 is 0 Å². The molecule has 27 heavy (non-hydrogen) atoms. The lowest BCUT2D eigenvalue weighted by atomic mass is 10.0. The van der Waals surface area contributed by atoms with Gasteiger partial charge in [-0.3, -0.25) is 9.59 Å². The van der Waals surface area contributed by atoms with Gasteiger partial charge in [0.1, 0.15) is 13.5 Å². The van der Waals surface area contributed by atoms with Crippen LogP contribution in [0.15, 0.2) is 45.6 Å². The molecule has 1 aliphatic carbocycles. The molecule has 6 heteroatoms. The number of benzene rings is 2. The minimum atomic E-state index is -0.966. The zero-order chi connectivity index (χ0) is 20.4. The van der Waals surface area contributed by atoms with Crippen LogP contribution in [-0.4, -0.2) is 15.8 Å². The SMILES string of the molecule is [3H]C(=O)c1ccc(-c2cc3c(cc2F)c2oc(C)nc2c(=O)n3C2CC2)cc1[3H].